The number of benzene rings is 1. The third-order valence-electron chi connectivity index (χ3n) is 5.01. The molecule has 4 nitrogen and oxygen atoms in total. The zero-order valence-electron chi connectivity index (χ0n) is 15.3. The first-order chi connectivity index (χ1) is 12.7. The third-order valence-corrected chi connectivity index (χ3v) is 5.01. The van der Waals surface area contributed by atoms with Crippen LogP contribution in [0.2, 0.25) is 0 Å². The minimum Gasteiger partial charge on any atom is -0.507 e. The van der Waals surface area contributed by atoms with E-state index in [9.17, 15) is 23.1 Å². The Morgan fingerprint density at radius 2 is 1.96 bits per heavy atom. The van der Waals surface area contributed by atoms with Crippen LogP contribution in [0.25, 0.3) is 11.1 Å². The van der Waals surface area contributed by atoms with Gasteiger partial charge in [0, 0.05) is 24.3 Å². The van der Waals surface area contributed by atoms with E-state index in [1.807, 2.05) is 20.0 Å². The molecule has 0 saturated carbocycles. The van der Waals surface area contributed by atoms with Crippen molar-refractivity contribution in [1.82, 2.24) is 9.88 Å². The summed E-state index contributed by atoms with van der Waals surface area (Å²) in [6.45, 7) is 5.54. The lowest BCUT2D eigenvalue weighted by atomic mass is 9.97. The van der Waals surface area contributed by atoms with Gasteiger partial charge in [-0.3, -0.25) is 4.79 Å². The van der Waals surface area contributed by atoms with E-state index in [1.165, 1.54) is 6.07 Å². The van der Waals surface area contributed by atoms with Crippen LogP contribution in [0.15, 0.2) is 35.3 Å². The van der Waals surface area contributed by atoms with Gasteiger partial charge in [0.1, 0.15) is 5.75 Å². The normalized spacial score (nSPS) is 18.1. The molecule has 0 radical (unpaired) electrons. The van der Waals surface area contributed by atoms with E-state index < -0.39 is 17.5 Å². The maximum Gasteiger partial charge on any atom is 0.416 e. The van der Waals surface area contributed by atoms with Gasteiger partial charge >= 0.3 is 6.18 Å². The lowest BCUT2D eigenvalue weighted by molar-refractivity contribution is -0.137. The molecular formula is C20H23F3N2O2. The summed E-state index contributed by atoms with van der Waals surface area (Å²) < 4.78 is 40.3. The average Bonchev–Trinajstić information content (AvgIpc) is 2.62. The molecule has 7 heteroatoms. The van der Waals surface area contributed by atoms with Crippen LogP contribution in [-0.4, -0.2) is 22.8 Å². The number of phenolic OH excluding ortho intramolecular Hbond substituents is 1. The molecule has 1 aromatic carbocycles. The first kappa shape index (κ1) is 19.5. The van der Waals surface area contributed by atoms with E-state index in [-0.39, 0.29) is 28.6 Å². The highest BCUT2D eigenvalue weighted by Crippen LogP contribution is 2.36. The van der Waals surface area contributed by atoms with Gasteiger partial charge in [0.15, 0.2) is 0 Å². The molecule has 146 valence electrons. The molecule has 1 aliphatic heterocycles. The lowest BCUT2D eigenvalue weighted by Gasteiger charge is -2.26. The minimum atomic E-state index is -4.55. The van der Waals surface area contributed by atoms with Gasteiger partial charge in [0.2, 0.25) is 0 Å². The maximum atomic E-state index is 13.1. The molecular weight excluding hydrogens is 357 g/mol. The second-order valence-electron chi connectivity index (χ2n) is 7.28. The second-order valence-corrected chi connectivity index (χ2v) is 7.28. The molecule has 1 aromatic heterocycles. The van der Waals surface area contributed by atoms with Crippen molar-refractivity contribution >= 4 is 0 Å². The van der Waals surface area contributed by atoms with Crippen molar-refractivity contribution in [2.75, 3.05) is 13.1 Å². The predicted molar refractivity (Wildman–Crippen MR) is 98.0 cm³/mol. The summed E-state index contributed by atoms with van der Waals surface area (Å²) in [5, 5.41) is 13.5. The molecule has 0 aliphatic carbocycles. The second kappa shape index (κ2) is 7.38. The molecule has 1 saturated heterocycles. The van der Waals surface area contributed by atoms with Crippen molar-refractivity contribution in [3.05, 3.63) is 51.9 Å². The Labute approximate surface area is 155 Å². The van der Waals surface area contributed by atoms with E-state index in [4.69, 9.17) is 0 Å². The SMILES string of the molecule is CC(C)c1cc(-c2ccc(C(F)(F)F)cc2O)c(=O)n(C2CCCNC2)c1. The third kappa shape index (κ3) is 4.03. The van der Waals surface area contributed by atoms with Crippen LogP contribution < -0.4 is 10.9 Å². The fourth-order valence-corrected chi connectivity index (χ4v) is 3.41. The number of halogens is 3. The number of hydrogen-bond donors (Lipinski definition) is 2. The molecule has 1 unspecified atom stereocenters. The lowest BCUT2D eigenvalue weighted by Crippen LogP contribution is -2.37. The van der Waals surface area contributed by atoms with Crippen LogP contribution in [0.4, 0.5) is 13.2 Å². The van der Waals surface area contributed by atoms with Gasteiger partial charge in [-0.25, -0.2) is 0 Å². The van der Waals surface area contributed by atoms with Crippen LogP contribution in [0.5, 0.6) is 5.75 Å². The fourth-order valence-electron chi connectivity index (χ4n) is 3.41. The Bertz CT molecular complexity index is 882. The largest absolute Gasteiger partial charge is 0.507 e. The van der Waals surface area contributed by atoms with Gasteiger partial charge in [-0.15, -0.1) is 0 Å². The predicted octanol–water partition coefficient (Wildman–Crippen LogP) is 4.29. The van der Waals surface area contributed by atoms with Crippen molar-refractivity contribution in [3.8, 4) is 16.9 Å². The molecule has 2 aromatic rings. The van der Waals surface area contributed by atoms with Crippen molar-refractivity contribution in [1.29, 1.82) is 0 Å². The molecule has 0 bridgehead atoms. The van der Waals surface area contributed by atoms with Gasteiger partial charge in [-0.2, -0.15) is 13.2 Å². The number of nitrogens with one attached hydrogen (secondary N) is 1. The number of nitrogens with zero attached hydrogens (tertiary/aromatic N) is 1. The first-order valence-corrected chi connectivity index (χ1v) is 9.06. The summed E-state index contributed by atoms with van der Waals surface area (Å²) in [5.41, 5.74) is -0.00998. The fraction of sp³-hybridized carbons (Fsp3) is 0.450. The zero-order valence-corrected chi connectivity index (χ0v) is 15.3. The first-order valence-electron chi connectivity index (χ1n) is 9.06. The molecule has 0 amide bonds. The van der Waals surface area contributed by atoms with E-state index in [1.54, 1.807) is 10.6 Å². The van der Waals surface area contributed by atoms with E-state index in [0.717, 1.165) is 31.0 Å². The Morgan fingerprint density at radius 1 is 1.22 bits per heavy atom. The Morgan fingerprint density at radius 3 is 2.52 bits per heavy atom. The molecule has 2 heterocycles. The molecule has 0 spiro atoms. The highest BCUT2D eigenvalue weighted by atomic mass is 19.4. The molecule has 1 fully saturated rings. The monoisotopic (exact) mass is 380 g/mol. The Balaban J connectivity index is 2.15. The summed E-state index contributed by atoms with van der Waals surface area (Å²) >= 11 is 0. The molecule has 2 N–H and O–H groups in total. The highest BCUT2D eigenvalue weighted by molar-refractivity contribution is 5.70. The molecule has 1 atom stereocenters. The van der Waals surface area contributed by atoms with Crippen molar-refractivity contribution in [3.63, 3.8) is 0 Å². The van der Waals surface area contributed by atoms with Gasteiger partial charge in [0.25, 0.3) is 5.56 Å². The Kier molecular flexibility index (Phi) is 5.33. The quantitative estimate of drug-likeness (QED) is 0.835. The smallest absolute Gasteiger partial charge is 0.416 e. The van der Waals surface area contributed by atoms with Crippen LogP contribution in [0.1, 0.15) is 49.8 Å². The summed E-state index contributed by atoms with van der Waals surface area (Å²) in [6.07, 6.45) is -0.921. The summed E-state index contributed by atoms with van der Waals surface area (Å²) in [6, 6.07) is 4.39. The highest BCUT2D eigenvalue weighted by Gasteiger charge is 2.31. The van der Waals surface area contributed by atoms with Crippen LogP contribution >= 0.6 is 0 Å². The van der Waals surface area contributed by atoms with Gasteiger partial charge in [-0.1, -0.05) is 13.8 Å². The molecule has 3 rings (SSSR count). The van der Waals surface area contributed by atoms with Crippen molar-refractivity contribution < 1.29 is 18.3 Å². The summed E-state index contributed by atoms with van der Waals surface area (Å²) in [7, 11) is 0. The zero-order chi connectivity index (χ0) is 19.8. The topological polar surface area (TPSA) is 54.3 Å². The van der Waals surface area contributed by atoms with E-state index in [2.05, 4.69) is 5.32 Å². The Hall–Kier alpha value is -2.28. The average molecular weight is 380 g/mol. The number of phenols is 1. The van der Waals surface area contributed by atoms with Crippen molar-refractivity contribution in [2.24, 2.45) is 0 Å². The standard InChI is InChI=1S/C20H23F3N2O2/c1-12(2)13-8-17(16-6-5-14(9-18(16)26)20(21,22)23)19(27)25(11-13)15-4-3-7-24-10-15/h5-6,8-9,11-12,15,24,26H,3-4,7,10H2,1-2H3. The number of rotatable bonds is 3. The van der Waals surface area contributed by atoms with Crippen LogP contribution in [0, 0.1) is 0 Å². The number of piperidine rings is 1. The number of alkyl halides is 3. The van der Waals surface area contributed by atoms with Crippen LogP contribution in [0.3, 0.4) is 0 Å². The van der Waals surface area contributed by atoms with Gasteiger partial charge in [0.05, 0.1) is 11.1 Å². The van der Waals surface area contributed by atoms with Crippen molar-refractivity contribution in [2.45, 2.75) is 44.8 Å². The molecule has 1 aliphatic rings. The van der Waals surface area contributed by atoms with E-state index >= 15 is 0 Å². The summed E-state index contributed by atoms with van der Waals surface area (Å²) in [4.78, 5) is 13.1. The van der Waals surface area contributed by atoms with Gasteiger partial charge in [-0.05, 0) is 55.1 Å². The minimum absolute atomic E-state index is 0.0136. The van der Waals surface area contributed by atoms with Gasteiger partial charge < -0.3 is 15.0 Å². The number of aromatic hydroxyl groups is 1. The summed E-state index contributed by atoms with van der Waals surface area (Å²) in [5.74, 6) is -0.417. The van der Waals surface area contributed by atoms with Crippen LogP contribution in [-0.2, 0) is 6.18 Å². The maximum absolute atomic E-state index is 13.1. The van der Waals surface area contributed by atoms with E-state index in [0.29, 0.717) is 12.6 Å². The molecule has 27 heavy (non-hydrogen) atoms. The number of hydrogen-bond acceptors (Lipinski definition) is 3. The number of aromatic nitrogens is 1. The number of pyridine rings is 1.